The number of nitrogens with zero attached hydrogens (tertiary/aromatic N) is 2. The molecule has 0 saturated carbocycles. The normalized spacial score (nSPS) is 10.1. The van der Waals surface area contributed by atoms with E-state index < -0.39 is 10.9 Å². The number of carboxylic acids is 1. The molecule has 0 spiro atoms. The number of aromatic nitrogens is 1. The third-order valence-corrected chi connectivity index (χ3v) is 2.51. The minimum Gasteiger partial charge on any atom is -0.477 e. The largest absolute Gasteiger partial charge is 0.477 e. The van der Waals surface area contributed by atoms with Crippen LogP contribution < -0.4 is 4.74 Å². The summed E-state index contributed by atoms with van der Waals surface area (Å²) in [6.45, 7) is 0. The molecule has 0 aliphatic rings. The highest BCUT2D eigenvalue weighted by Gasteiger charge is 2.17. The highest BCUT2D eigenvalue weighted by Crippen LogP contribution is 2.33. The summed E-state index contributed by atoms with van der Waals surface area (Å²) in [5.41, 5.74) is -0.524. The summed E-state index contributed by atoms with van der Waals surface area (Å²) in [6, 6.07) is 7.89. The van der Waals surface area contributed by atoms with Crippen LogP contribution in [-0.2, 0) is 0 Å². The zero-order valence-electron chi connectivity index (χ0n) is 9.82. The molecule has 0 saturated heterocycles. The highest BCUT2D eigenvalue weighted by molar-refractivity contribution is 6.30. The molecular weight excluding hydrogens is 288 g/mol. The number of carboxylic acid groups (broad SMARTS) is 1. The van der Waals surface area contributed by atoms with E-state index in [4.69, 9.17) is 21.4 Å². The number of ether oxygens (including phenoxy) is 1. The Kier molecular flexibility index (Phi) is 3.81. The van der Waals surface area contributed by atoms with Crippen molar-refractivity contribution in [3.8, 4) is 11.6 Å². The molecule has 0 aliphatic carbocycles. The van der Waals surface area contributed by atoms with Crippen molar-refractivity contribution in [1.29, 1.82) is 0 Å². The molecule has 20 heavy (non-hydrogen) atoms. The highest BCUT2D eigenvalue weighted by atomic mass is 35.5. The van der Waals surface area contributed by atoms with E-state index in [1.165, 1.54) is 36.4 Å². The summed E-state index contributed by atoms with van der Waals surface area (Å²) in [6.07, 6.45) is 0. The second-order valence-electron chi connectivity index (χ2n) is 3.64. The maximum Gasteiger partial charge on any atom is 0.354 e. The van der Waals surface area contributed by atoms with Crippen molar-refractivity contribution in [2.24, 2.45) is 0 Å². The Morgan fingerprint density at radius 3 is 2.75 bits per heavy atom. The van der Waals surface area contributed by atoms with Gasteiger partial charge in [-0.05, 0) is 12.1 Å². The first-order valence-electron chi connectivity index (χ1n) is 5.29. The van der Waals surface area contributed by atoms with Crippen LogP contribution in [0.15, 0.2) is 36.4 Å². The third-order valence-electron chi connectivity index (χ3n) is 2.28. The molecule has 7 nitrogen and oxygen atoms in total. The first kappa shape index (κ1) is 13.8. The van der Waals surface area contributed by atoms with E-state index in [9.17, 15) is 14.9 Å². The molecule has 0 amide bonds. The monoisotopic (exact) mass is 294 g/mol. The number of nitro groups is 1. The van der Waals surface area contributed by atoms with Gasteiger partial charge in [-0.2, -0.15) is 0 Å². The predicted octanol–water partition coefficient (Wildman–Crippen LogP) is 3.13. The molecule has 0 atom stereocenters. The van der Waals surface area contributed by atoms with Gasteiger partial charge in [-0.15, -0.1) is 0 Å². The number of carbonyl (C=O) groups is 1. The second kappa shape index (κ2) is 5.54. The van der Waals surface area contributed by atoms with Crippen molar-refractivity contribution in [3.63, 3.8) is 0 Å². The topological polar surface area (TPSA) is 103 Å². The van der Waals surface area contributed by atoms with Gasteiger partial charge in [0, 0.05) is 23.2 Å². The van der Waals surface area contributed by atoms with Crippen LogP contribution >= 0.6 is 11.6 Å². The van der Waals surface area contributed by atoms with E-state index in [-0.39, 0.29) is 28.0 Å². The zero-order chi connectivity index (χ0) is 14.7. The summed E-state index contributed by atoms with van der Waals surface area (Å²) in [7, 11) is 0. The minimum absolute atomic E-state index is 0.0738. The SMILES string of the molecule is O=C(O)c1cccc(Oc2cc(Cl)ccc2[N+](=O)[O-])n1. The Morgan fingerprint density at radius 1 is 1.35 bits per heavy atom. The number of benzene rings is 1. The Balaban J connectivity index is 2.39. The second-order valence-corrected chi connectivity index (χ2v) is 4.07. The summed E-state index contributed by atoms with van der Waals surface area (Å²) < 4.78 is 5.24. The van der Waals surface area contributed by atoms with Crippen LogP contribution in [0.5, 0.6) is 11.6 Å². The van der Waals surface area contributed by atoms with E-state index in [1.807, 2.05) is 0 Å². The maximum atomic E-state index is 10.9. The predicted molar refractivity (Wildman–Crippen MR) is 69.4 cm³/mol. The average molecular weight is 295 g/mol. The lowest BCUT2D eigenvalue weighted by Crippen LogP contribution is -2.01. The number of aromatic carboxylic acids is 1. The van der Waals surface area contributed by atoms with Gasteiger partial charge >= 0.3 is 11.7 Å². The standard InChI is InChI=1S/C12H7ClN2O5/c13-7-4-5-9(15(18)19)10(6-7)20-11-3-1-2-8(14-11)12(16)17/h1-6H,(H,16,17). The molecular formula is C12H7ClN2O5. The number of hydrogen-bond donors (Lipinski definition) is 1. The van der Waals surface area contributed by atoms with Crippen molar-refractivity contribution in [1.82, 2.24) is 4.98 Å². The molecule has 8 heteroatoms. The Morgan fingerprint density at radius 2 is 2.10 bits per heavy atom. The smallest absolute Gasteiger partial charge is 0.354 e. The molecule has 1 N–H and O–H groups in total. The van der Waals surface area contributed by atoms with Gasteiger partial charge in [-0.25, -0.2) is 9.78 Å². The van der Waals surface area contributed by atoms with Crippen LogP contribution in [0.1, 0.15) is 10.5 Å². The average Bonchev–Trinajstić information content (AvgIpc) is 2.38. The van der Waals surface area contributed by atoms with E-state index in [1.54, 1.807) is 0 Å². The fourth-order valence-electron chi connectivity index (χ4n) is 1.42. The molecule has 0 bridgehead atoms. The van der Waals surface area contributed by atoms with E-state index >= 15 is 0 Å². The molecule has 0 fully saturated rings. The van der Waals surface area contributed by atoms with Gasteiger partial charge in [0.2, 0.25) is 11.6 Å². The molecule has 2 aromatic rings. The van der Waals surface area contributed by atoms with Gasteiger partial charge in [0.15, 0.2) is 5.69 Å². The maximum absolute atomic E-state index is 10.9. The van der Waals surface area contributed by atoms with Gasteiger partial charge in [-0.3, -0.25) is 10.1 Å². The molecule has 2 rings (SSSR count). The van der Waals surface area contributed by atoms with Gasteiger partial charge in [0.25, 0.3) is 0 Å². The Labute approximate surface area is 117 Å². The molecule has 1 aromatic heterocycles. The lowest BCUT2D eigenvalue weighted by atomic mass is 10.3. The third kappa shape index (κ3) is 3.01. The van der Waals surface area contributed by atoms with Crippen molar-refractivity contribution in [3.05, 3.63) is 57.2 Å². The van der Waals surface area contributed by atoms with Crippen LogP contribution in [0.3, 0.4) is 0 Å². The molecule has 0 unspecified atom stereocenters. The summed E-state index contributed by atoms with van der Waals surface area (Å²) >= 11 is 5.75. The minimum atomic E-state index is -1.23. The number of hydrogen-bond acceptors (Lipinski definition) is 5. The first-order valence-corrected chi connectivity index (χ1v) is 5.67. The molecule has 102 valence electrons. The Bertz CT molecular complexity index is 689. The number of pyridine rings is 1. The van der Waals surface area contributed by atoms with Gasteiger partial charge < -0.3 is 9.84 Å². The lowest BCUT2D eigenvalue weighted by molar-refractivity contribution is -0.385. The van der Waals surface area contributed by atoms with Gasteiger partial charge in [0.1, 0.15) is 0 Å². The van der Waals surface area contributed by atoms with Crippen LogP contribution in [0.25, 0.3) is 0 Å². The van der Waals surface area contributed by atoms with Crippen molar-refractivity contribution in [2.75, 3.05) is 0 Å². The fourth-order valence-corrected chi connectivity index (χ4v) is 1.59. The Hall–Kier alpha value is -2.67. The van der Waals surface area contributed by atoms with Crippen molar-refractivity contribution >= 4 is 23.3 Å². The van der Waals surface area contributed by atoms with Crippen molar-refractivity contribution < 1.29 is 19.6 Å². The van der Waals surface area contributed by atoms with E-state index in [0.29, 0.717) is 0 Å². The van der Waals surface area contributed by atoms with E-state index in [2.05, 4.69) is 4.98 Å². The van der Waals surface area contributed by atoms with Crippen LogP contribution in [0.2, 0.25) is 5.02 Å². The molecule has 1 aromatic carbocycles. The lowest BCUT2D eigenvalue weighted by Gasteiger charge is -2.06. The van der Waals surface area contributed by atoms with Crippen LogP contribution in [-0.4, -0.2) is 21.0 Å². The number of rotatable bonds is 4. The summed E-state index contributed by atoms with van der Waals surface area (Å²) in [4.78, 5) is 24.7. The van der Waals surface area contributed by atoms with Gasteiger partial charge in [0.05, 0.1) is 4.92 Å². The van der Waals surface area contributed by atoms with Crippen LogP contribution in [0.4, 0.5) is 5.69 Å². The zero-order valence-corrected chi connectivity index (χ0v) is 10.6. The number of halogens is 1. The molecule has 0 radical (unpaired) electrons. The molecule has 0 aliphatic heterocycles. The van der Waals surface area contributed by atoms with Crippen LogP contribution in [0, 0.1) is 10.1 Å². The van der Waals surface area contributed by atoms with Gasteiger partial charge in [-0.1, -0.05) is 17.7 Å². The first-order chi connectivity index (χ1) is 9.47. The molecule has 1 heterocycles. The summed E-state index contributed by atoms with van der Waals surface area (Å²) in [5, 5.41) is 19.9. The fraction of sp³-hybridized carbons (Fsp3) is 0. The van der Waals surface area contributed by atoms with Crippen molar-refractivity contribution in [2.45, 2.75) is 0 Å². The van der Waals surface area contributed by atoms with E-state index in [0.717, 1.165) is 0 Å². The quantitative estimate of drug-likeness (QED) is 0.686. The number of nitro benzene ring substituents is 1. The summed E-state index contributed by atoms with van der Waals surface area (Å²) in [5.74, 6) is -1.41.